The fraction of sp³-hybridized carbons (Fsp3) is 0.833. The highest BCUT2D eigenvalue weighted by molar-refractivity contribution is 8.14. The smallest absolute Gasteiger partial charge is 0.0652 e. The van der Waals surface area contributed by atoms with Crippen molar-refractivity contribution in [3.63, 3.8) is 0 Å². The lowest BCUT2D eigenvalue weighted by molar-refractivity contribution is 0.749. The van der Waals surface area contributed by atoms with Gasteiger partial charge in [-0.2, -0.15) is 0 Å². The van der Waals surface area contributed by atoms with Crippen LogP contribution in [0.1, 0.15) is 20.8 Å². The second kappa shape index (κ2) is 2.09. The van der Waals surface area contributed by atoms with Gasteiger partial charge < -0.3 is 0 Å². The molecule has 0 saturated carbocycles. The Morgan fingerprint density at radius 2 is 2.12 bits per heavy atom. The summed E-state index contributed by atoms with van der Waals surface area (Å²) in [5, 5.41) is 1.94. The summed E-state index contributed by atoms with van der Waals surface area (Å²) < 4.78 is 0. The molecular formula is C6H11NS. The average Bonchev–Trinajstić information content (AvgIpc) is 1.85. The summed E-state index contributed by atoms with van der Waals surface area (Å²) in [5.41, 5.74) is 0. The molecule has 0 amide bonds. The van der Waals surface area contributed by atoms with Crippen LogP contribution in [0.5, 0.6) is 0 Å². The predicted octanol–water partition coefficient (Wildman–Crippen LogP) is 1.93. The fourth-order valence-corrected chi connectivity index (χ4v) is 1.81. The number of hydrogen-bond donors (Lipinski definition) is 0. The lowest BCUT2D eigenvalue weighted by Crippen LogP contribution is -2.07. The molecule has 0 bridgehead atoms. The van der Waals surface area contributed by atoms with Crippen LogP contribution in [0.25, 0.3) is 0 Å². The number of rotatable bonds is 0. The molecule has 46 valence electrons. The van der Waals surface area contributed by atoms with Gasteiger partial charge >= 0.3 is 0 Å². The summed E-state index contributed by atoms with van der Waals surface area (Å²) in [6, 6.07) is 0.542. The average molecular weight is 129 g/mol. The van der Waals surface area contributed by atoms with E-state index in [1.165, 1.54) is 5.04 Å². The van der Waals surface area contributed by atoms with E-state index in [0.29, 0.717) is 11.3 Å². The zero-order valence-corrected chi connectivity index (χ0v) is 6.33. The summed E-state index contributed by atoms with van der Waals surface area (Å²) in [6.07, 6.45) is 0. The Morgan fingerprint density at radius 3 is 2.25 bits per heavy atom. The van der Waals surface area contributed by atoms with E-state index in [2.05, 4.69) is 25.8 Å². The molecule has 0 radical (unpaired) electrons. The van der Waals surface area contributed by atoms with E-state index in [0.717, 1.165) is 0 Å². The minimum absolute atomic E-state index is 0.542. The molecule has 0 aromatic heterocycles. The van der Waals surface area contributed by atoms with Gasteiger partial charge in [-0.1, -0.05) is 6.92 Å². The van der Waals surface area contributed by atoms with E-state index in [4.69, 9.17) is 0 Å². The second-order valence-electron chi connectivity index (χ2n) is 2.21. The van der Waals surface area contributed by atoms with E-state index in [9.17, 15) is 0 Å². The topological polar surface area (TPSA) is 12.4 Å². The van der Waals surface area contributed by atoms with Crippen molar-refractivity contribution in [3.05, 3.63) is 0 Å². The molecule has 0 aliphatic carbocycles. The monoisotopic (exact) mass is 129 g/mol. The van der Waals surface area contributed by atoms with Crippen LogP contribution in [0.4, 0.5) is 0 Å². The van der Waals surface area contributed by atoms with Crippen LogP contribution in [0.15, 0.2) is 4.99 Å². The Hall–Kier alpha value is 0.0200. The maximum absolute atomic E-state index is 4.35. The van der Waals surface area contributed by atoms with Crippen molar-refractivity contribution < 1.29 is 0 Å². The number of nitrogens with zero attached hydrogens (tertiary/aromatic N) is 1. The molecule has 8 heavy (non-hydrogen) atoms. The number of hydrogen-bond acceptors (Lipinski definition) is 2. The molecule has 1 aliphatic heterocycles. The Kier molecular flexibility index (Phi) is 1.61. The zero-order chi connectivity index (χ0) is 6.15. The molecule has 0 fully saturated rings. The van der Waals surface area contributed by atoms with E-state index in [1.807, 2.05) is 11.8 Å². The Bertz CT molecular complexity index is 120. The summed E-state index contributed by atoms with van der Waals surface area (Å²) in [4.78, 5) is 4.35. The zero-order valence-electron chi connectivity index (χ0n) is 5.51. The largest absolute Gasteiger partial charge is 0.279 e. The molecule has 0 aromatic rings. The Balaban J connectivity index is 2.56. The van der Waals surface area contributed by atoms with Crippen LogP contribution >= 0.6 is 11.8 Å². The highest BCUT2D eigenvalue weighted by atomic mass is 32.2. The van der Waals surface area contributed by atoms with Gasteiger partial charge in [-0.15, -0.1) is 11.8 Å². The van der Waals surface area contributed by atoms with Gasteiger partial charge in [0.2, 0.25) is 0 Å². The summed E-state index contributed by atoms with van der Waals surface area (Å²) in [6.45, 7) is 6.45. The van der Waals surface area contributed by atoms with E-state index in [1.54, 1.807) is 0 Å². The third kappa shape index (κ3) is 1.05. The first kappa shape index (κ1) is 6.14. The standard InChI is InChI=1S/C6H11NS/c1-4-5(2)8-6(3)7-4/h4-5H,1-3H3/t4-,5-/m0/s1. The highest BCUT2D eigenvalue weighted by Crippen LogP contribution is 2.25. The maximum Gasteiger partial charge on any atom is 0.0652 e. The van der Waals surface area contributed by atoms with Gasteiger partial charge in [0.1, 0.15) is 0 Å². The van der Waals surface area contributed by atoms with Crippen molar-refractivity contribution in [2.24, 2.45) is 4.99 Å². The van der Waals surface area contributed by atoms with Crippen LogP contribution in [-0.4, -0.2) is 16.3 Å². The van der Waals surface area contributed by atoms with Crippen molar-refractivity contribution in [2.45, 2.75) is 32.1 Å². The molecule has 0 unspecified atom stereocenters. The minimum Gasteiger partial charge on any atom is -0.279 e. The normalized spacial score (nSPS) is 37.6. The predicted molar refractivity (Wildman–Crippen MR) is 39.6 cm³/mol. The third-order valence-corrected chi connectivity index (χ3v) is 2.63. The van der Waals surface area contributed by atoms with Crippen molar-refractivity contribution in [2.75, 3.05) is 0 Å². The lowest BCUT2D eigenvalue weighted by atomic mass is 10.3. The minimum atomic E-state index is 0.542. The van der Waals surface area contributed by atoms with Crippen molar-refractivity contribution >= 4 is 16.8 Å². The quantitative estimate of drug-likeness (QED) is 0.487. The fourth-order valence-electron chi connectivity index (χ4n) is 0.790. The van der Waals surface area contributed by atoms with Crippen LogP contribution in [0, 0.1) is 0 Å². The van der Waals surface area contributed by atoms with E-state index in [-0.39, 0.29) is 0 Å². The van der Waals surface area contributed by atoms with Gasteiger partial charge in [0.15, 0.2) is 0 Å². The van der Waals surface area contributed by atoms with Gasteiger partial charge in [-0.05, 0) is 13.8 Å². The van der Waals surface area contributed by atoms with E-state index < -0.39 is 0 Å². The molecule has 2 atom stereocenters. The van der Waals surface area contributed by atoms with Crippen molar-refractivity contribution in [1.82, 2.24) is 0 Å². The molecular weight excluding hydrogens is 118 g/mol. The summed E-state index contributed by atoms with van der Waals surface area (Å²) >= 11 is 1.88. The summed E-state index contributed by atoms with van der Waals surface area (Å²) in [7, 11) is 0. The first-order chi connectivity index (χ1) is 3.70. The van der Waals surface area contributed by atoms with Gasteiger partial charge in [0.25, 0.3) is 0 Å². The first-order valence-electron chi connectivity index (χ1n) is 2.91. The molecule has 0 aromatic carbocycles. The molecule has 1 rings (SSSR count). The SMILES string of the molecule is CC1=N[C@@H](C)[C@H](C)S1. The molecule has 2 heteroatoms. The van der Waals surface area contributed by atoms with Crippen LogP contribution in [0.3, 0.4) is 0 Å². The van der Waals surface area contributed by atoms with Crippen LogP contribution in [0.2, 0.25) is 0 Å². The van der Waals surface area contributed by atoms with Crippen molar-refractivity contribution in [1.29, 1.82) is 0 Å². The van der Waals surface area contributed by atoms with Gasteiger partial charge in [-0.25, -0.2) is 0 Å². The molecule has 1 nitrogen and oxygen atoms in total. The lowest BCUT2D eigenvalue weighted by Gasteiger charge is -2.02. The molecule has 0 saturated heterocycles. The van der Waals surface area contributed by atoms with Gasteiger partial charge in [-0.3, -0.25) is 4.99 Å². The molecule has 1 aliphatic rings. The van der Waals surface area contributed by atoms with Gasteiger partial charge in [0, 0.05) is 5.25 Å². The van der Waals surface area contributed by atoms with E-state index >= 15 is 0 Å². The Morgan fingerprint density at radius 1 is 1.50 bits per heavy atom. The third-order valence-electron chi connectivity index (χ3n) is 1.42. The van der Waals surface area contributed by atoms with Crippen molar-refractivity contribution in [3.8, 4) is 0 Å². The van der Waals surface area contributed by atoms with Crippen LogP contribution < -0.4 is 0 Å². The van der Waals surface area contributed by atoms with Crippen LogP contribution in [-0.2, 0) is 0 Å². The first-order valence-corrected chi connectivity index (χ1v) is 3.79. The number of thioether (sulfide) groups is 1. The highest BCUT2D eigenvalue weighted by Gasteiger charge is 2.18. The molecule has 0 spiro atoms. The van der Waals surface area contributed by atoms with Gasteiger partial charge in [0.05, 0.1) is 11.1 Å². The second-order valence-corrected chi connectivity index (χ2v) is 3.78. The summed E-state index contributed by atoms with van der Waals surface area (Å²) in [5.74, 6) is 0. The number of aliphatic imine (C=N–C) groups is 1. The Labute approximate surface area is 54.6 Å². The molecule has 0 N–H and O–H groups in total. The maximum atomic E-state index is 4.35. The molecule has 1 heterocycles.